The lowest BCUT2D eigenvalue weighted by Gasteiger charge is -2.42. The quantitative estimate of drug-likeness (QED) is 0.704. The molecule has 0 aliphatic heterocycles. The second-order valence-electron chi connectivity index (χ2n) is 5.58. The molecular formula is C13H26O2Si. The Hall–Kier alpha value is 0.137. The summed E-state index contributed by atoms with van der Waals surface area (Å²) in [4.78, 5) is 0. The Morgan fingerprint density at radius 2 is 1.44 bits per heavy atom. The van der Waals surface area contributed by atoms with Crippen LogP contribution in [0.3, 0.4) is 0 Å². The molecule has 0 radical (unpaired) electrons. The van der Waals surface area contributed by atoms with Gasteiger partial charge in [0.2, 0.25) is 0 Å². The smallest absolute Gasteiger partial charge is 0.327 e. The third-order valence-corrected chi connectivity index (χ3v) is 7.69. The second kappa shape index (κ2) is 5.65. The first-order chi connectivity index (χ1) is 7.83. The molecule has 94 valence electrons. The van der Waals surface area contributed by atoms with Crippen LogP contribution >= 0.6 is 0 Å². The zero-order valence-corrected chi connectivity index (χ0v) is 12.0. The average Bonchev–Trinajstić information content (AvgIpc) is 2.82. The minimum atomic E-state index is -1.45. The molecule has 0 aromatic carbocycles. The van der Waals surface area contributed by atoms with Crippen LogP contribution in [0.25, 0.3) is 0 Å². The van der Waals surface area contributed by atoms with E-state index >= 15 is 0 Å². The van der Waals surface area contributed by atoms with Crippen molar-refractivity contribution in [1.82, 2.24) is 0 Å². The highest BCUT2D eigenvalue weighted by atomic mass is 28.3. The Bertz CT molecular complexity index is 204. The highest BCUT2D eigenvalue weighted by molar-refractivity contribution is 6.48. The normalized spacial score (nSPS) is 26.4. The highest BCUT2D eigenvalue weighted by Gasteiger charge is 2.49. The summed E-state index contributed by atoms with van der Waals surface area (Å²) in [6.45, 7) is 0. The molecule has 0 heterocycles. The lowest BCUT2D eigenvalue weighted by Crippen LogP contribution is -2.41. The Labute approximate surface area is 102 Å². The predicted molar refractivity (Wildman–Crippen MR) is 68.9 cm³/mol. The van der Waals surface area contributed by atoms with Crippen LogP contribution in [-0.2, 0) is 8.85 Å². The lowest BCUT2D eigenvalue weighted by molar-refractivity contribution is 0.176. The molecule has 0 unspecified atom stereocenters. The van der Waals surface area contributed by atoms with Crippen molar-refractivity contribution in [2.75, 3.05) is 14.2 Å². The molecule has 0 aromatic rings. The Morgan fingerprint density at radius 3 is 1.94 bits per heavy atom. The molecule has 0 atom stereocenters. The summed E-state index contributed by atoms with van der Waals surface area (Å²) >= 11 is 0. The average molecular weight is 242 g/mol. The van der Waals surface area contributed by atoms with E-state index in [4.69, 9.17) is 8.85 Å². The summed E-state index contributed by atoms with van der Waals surface area (Å²) in [7, 11) is 2.28. The van der Waals surface area contributed by atoms with Crippen LogP contribution in [-0.4, -0.2) is 23.5 Å². The second-order valence-corrected chi connectivity index (χ2v) is 8.34. The summed E-state index contributed by atoms with van der Waals surface area (Å²) in [6, 6.07) is 0. The van der Waals surface area contributed by atoms with Crippen molar-refractivity contribution in [2.45, 2.75) is 62.8 Å². The molecule has 2 aliphatic rings. The highest BCUT2D eigenvalue weighted by Crippen LogP contribution is 2.57. The minimum Gasteiger partial charge on any atom is -0.400 e. The molecule has 0 bridgehead atoms. The van der Waals surface area contributed by atoms with Crippen LogP contribution in [0.4, 0.5) is 0 Å². The monoisotopic (exact) mass is 242 g/mol. The van der Waals surface area contributed by atoms with E-state index in [1.165, 1.54) is 57.8 Å². The molecular weight excluding hydrogens is 216 g/mol. The summed E-state index contributed by atoms with van der Waals surface area (Å²) in [5.74, 6) is 0.903. The fraction of sp³-hybridized carbons (Fsp3) is 1.00. The van der Waals surface area contributed by atoms with Crippen LogP contribution in [0.5, 0.6) is 0 Å². The third kappa shape index (κ3) is 2.22. The largest absolute Gasteiger partial charge is 0.400 e. The molecule has 2 saturated carbocycles. The zero-order chi connectivity index (χ0) is 11.4. The van der Waals surface area contributed by atoms with E-state index in [-0.39, 0.29) is 0 Å². The van der Waals surface area contributed by atoms with Gasteiger partial charge in [-0.25, -0.2) is 0 Å². The van der Waals surface area contributed by atoms with Crippen molar-refractivity contribution in [1.29, 1.82) is 0 Å². The summed E-state index contributed by atoms with van der Waals surface area (Å²) < 4.78 is 11.5. The van der Waals surface area contributed by atoms with Gasteiger partial charge in [0.25, 0.3) is 0 Å². The standard InChI is InChI=1S/C13H26O2Si/c1-14-16(15-2)13(10-6-7-11-13)12-8-4-3-5-9-12/h12,16H,3-11H2,1-2H3. The van der Waals surface area contributed by atoms with E-state index in [0.29, 0.717) is 5.04 Å². The maximum absolute atomic E-state index is 5.76. The Morgan fingerprint density at radius 1 is 0.875 bits per heavy atom. The molecule has 2 nitrogen and oxygen atoms in total. The molecule has 16 heavy (non-hydrogen) atoms. The van der Waals surface area contributed by atoms with Gasteiger partial charge in [-0.2, -0.15) is 0 Å². The summed E-state index contributed by atoms with van der Waals surface area (Å²) in [6.07, 6.45) is 12.7. The van der Waals surface area contributed by atoms with Gasteiger partial charge < -0.3 is 8.85 Å². The molecule has 2 fully saturated rings. The molecule has 0 saturated heterocycles. The molecule has 0 N–H and O–H groups in total. The van der Waals surface area contributed by atoms with Crippen LogP contribution in [0.15, 0.2) is 0 Å². The molecule has 3 heteroatoms. The number of hydrogen-bond donors (Lipinski definition) is 0. The van der Waals surface area contributed by atoms with E-state index in [1.54, 1.807) is 0 Å². The van der Waals surface area contributed by atoms with Crippen molar-refractivity contribution in [2.24, 2.45) is 5.92 Å². The van der Waals surface area contributed by atoms with E-state index in [9.17, 15) is 0 Å². The SMILES string of the molecule is CO[SiH](OC)C1(C2CCCCC2)CCCC1. The van der Waals surface area contributed by atoms with E-state index in [1.807, 2.05) is 14.2 Å². The van der Waals surface area contributed by atoms with E-state index in [0.717, 1.165) is 5.92 Å². The van der Waals surface area contributed by atoms with Gasteiger partial charge in [-0.3, -0.25) is 0 Å². The first-order valence-electron chi connectivity index (χ1n) is 6.89. The van der Waals surface area contributed by atoms with Crippen LogP contribution in [0, 0.1) is 5.92 Å². The summed E-state index contributed by atoms with van der Waals surface area (Å²) in [5, 5.41) is 0.476. The van der Waals surface area contributed by atoms with Gasteiger partial charge in [0, 0.05) is 19.3 Å². The van der Waals surface area contributed by atoms with Gasteiger partial charge in [0.15, 0.2) is 0 Å². The van der Waals surface area contributed by atoms with Crippen molar-refractivity contribution in [3.63, 3.8) is 0 Å². The van der Waals surface area contributed by atoms with Gasteiger partial charge in [-0.15, -0.1) is 0 Å². The lowest BCUT2D eigenvalue weighted by atomic mass is 9.78. The molecule has 0 aromatic heterocycles. The van der Waals surface area contributed by atoms with E-state index in [2.05, 4.69) is 0 Å². The molecule has 0 spiro atoms. The fourth-order valence-corrected chi connectivity index (χ4v) is 6.84. The third-order valence-electron chi connectivity index (χ3n) is 4.85. The zero-order valence-electron chi connectivity index (χ0n) is 10.8. The molecule has 2 rings (SSSR count). The maximum Gasteiger partial charge on any atom is 0.327 e. The predicted octanol–water partition coefficient (Wildman–Crippen LogP) is 3.39. The minimum absolute atomic E-state index is 0.476. The topological polar surface area (TPSA) is 18.5 Å². The van der Waals surface area contributed by atoms with Crippen molar-refractivity contribution in [3.8, 4) is 0 Å². The van der Waals surface area contributed by atoms with Gasteiger partial charge in [0.05, 0.1) is 0 Å². The Balaban J connectivity index is 2.12. The van der Waals surface area contributed by atoms with Gasteiger partial charge in [0.1, 0.15) is 0 Å². The van der Waals surface area contributed by atoms with Crippen LogP contribution in [0.1, 0.15) is 57.8 Å². The fourth-order valence-electron chi connectivity index (χ4n) is 4.11. The van der Waals surface area contributed by atoms with E-state index < -0.39 is 9.28 Å². The van der Waals surface area contributed by atoms with Gasteiger partial charge >= 0.3 is 9.28 Å². The van der Waals surface area contributed by atoms with Gasteiger partial charge in [-0.1, -0.05) is 44.9 Å². The molecule has 2 aliphatic carbocycles. The number of hydrogen-bond acceptors (Lipinski definition) is 2. The Kier molecular flexibility index (Phi) is 4.45. The van der Waals surface area contributed by atoms with Crippen LogP contribution < -0.4 is 0 Å². The van der Waals surface area contributed by atoms with Gasteiger partial charge in [-0.05, 0) is 18.8 Å². The number of rotatable bonds is 4. The van der Waals surface area contributed by atoms with Crippen molar-refractivity contribution >= 4 is 9.28 Å². The van der Waals surface area contributed by atoms with Crippen LogP contribution in [0.2, 0.25) is 5.04 Å². The molecule has 0 amide bonds. The van der Waals surface area contributed by atoms with Crippen molar-refractivity contribution < 1.29 is 8.85 Å². The maximum atomic E-state index is 5.76. The first kappa shape index (κ1) is 12.6. The van der Waals surface area contributed by atoms with Crippen molar-refractivity contribution in [3.05, 3.63) is 0 Å². The first-order valence-corrected chi connectivity index (χ1v) is 8.41. The summed E-state index contributed by atoms with van der Waals surface area (Å²) in [5.41, 5.74) is 0.